The maximum Gasteiger partial charge on any atom is 0.256 e. The SMILES string of the molecule is CCCNC(=O)[C@@H]1COC2(CCN(C(=O)c3ccc(OC)cc3)CC2)N1C(=O)c1ccc(OC)cc1. The van der Waals surface area contributed by atoms with Crippen LogP contribution >= 0.6 is 0 Å². The lowest BCUT2D eigenvalue weighted by Gasteiger charge is -2.44. The summed E-state index contributed by atoms with van der Waals surface area (Å²) in [5, 5.41) is 2.90. The number of carbonyl (C=O) groups is 3. The summed E-state index contributed by atoms with van der Waals surface area (Å²) in [7, 11) is 3.15. The number of hydrogen-bond acceptors (Lipinski definition) is 6. The van der Waals surface area contributed by atoms with Crippen molar-refractivity contribution in [3.63, 3.8) is 0 Å². The van der Waals surface area contributed by atoms with Gasteiger partial charge in [0.1, 0.15) is 23.3 Å². The van der Waals surface area contributed by atoms with Gasteiger partial charge >= 0.3 is 0 Å². The highest BCUT2D eigenvalue weighted by atomic mass is 16.5. The second-order valence-corrected chi connectivity index (χ2v) is 8.99. The molecule has 3 amide bonds. The molecular formula is C27H33N3O6. The maximum atomic E-state index is 13.7. The first kappa shape index (κ1) is 25.5. The fourth-order valence-electron chi connectivity index (χ4n) is 4.78. The lowest BCUT2D eigenvalue weighted by molar-refractivity contribution is -0.128. The minimum absolute atomic E-state index is 0.0873. The number of likely N-dealkylation sites (tertiary alicyclic amines) is 1. The predicted octanol–water partition coefficient (Wildman–Crippen LogP) is 2.70. The number of rotatable bonds is 7. The number of amides is 3. The van der Waals surface area contributed by atoms with Gasteiger partial charge in [-0.2, -0.15) is 0 Å². The van der Waals surface area contributed by atoms with Gasteiger partial charge in [-0.25, -0.2) is 0 Å². The van der Waals surface area contributed by atoms with Gasteiger partial charge in [0.15, 0.2) is 0 Å². The van der Waals surface area contributed by atoms with Gasteiger partial charge in [-0.05, 0) is 55.0 Å². The van der Waals surface area contributed by atoms with Crippen molar-refractivity contribution in [3.8, 4) is 11.5 Å². The Balaban J connectivity index is 1.54. The van der Waals surface area contributed by atoms with E-state index < -0.39 is 11.8 Å². The van der Waals surface area contributed by atoms with E-state index in [2.05, 4.69) is 5.32 Å². The maximum absolute atomic E-state index is 13.7. The Hall–Kier alpha value is -3.59. The molecule has 2 aromatic rings. The molecule has 2 aromatic carbocycles. The summed E-state index contributed by atoms with van der Waals surface area (Å²) in [6.45, 7) is 3.42. The molecule has 192 valence electrons. The van der Waals surface area contributed by atoms with E-state index in [0.717, 1.165) is 6.42 Å². The number of nitrogens with zero attached hydrogens (tertiary/aromatic N) is 2. The molecule has 0 radical (unpaired) electrons. The van der Waals surface area contributed by atoms with Gasteiger partial charge in [0.05, 0.1) is 20.8 Å². The van der Waals surface area contributed by atoms with Crippen LogP contribution in [0, 0.1) is 0 Å². The number of ether oxygens (including phenoxy) is 3. The van der Waals surface area contributed by atoms with E-state index in [4.69, 9.17) is 14.2 Å². The Morgan fingerprint density at radius 1 is 0.917 bits per heavy atom. The van der Waals surface area contributed by atoms with Gasteiger partial charge < -0.3 is 24.4 Å². The van der Waals surface area contributed by atoms with E-state index >= 15 is 0 Å². The molecule has 0 saturated carbocycles. The van der Waals surface area contributed by atoms with E-state index in [1.54, 1.807) is 72.6 Å². The molecule has 2 saturated heterocycles. The second-order valence-electron chi connectivity index (χ2n) is 8.99. The third kappa shape index (κ3) is 5.02. The number of nitrogens with one attached hydrogen (secondary N) is 1. The minimum atomic E-state index is -0.956. The predicted molar refractivity (Wildman–Crippen MR) is 133 cm³/mol. The van der Waals surface area contributed by atoms with Gasteiger partial charge in [-0.3, -0.25) is 19.3 Å². The summed E-state index contributed by atoms with van der Waals surface area (Å²) < 4.78 is 16.6. The zero-order valence-corrected chi connectivity index (χ0v) is 21.0. The van der Waals surface area contributed by atoms with E-state index in [1.807, 2.05) is 6.92 Å². The molecule has 2 fully saturated rings. The van der Waals surface area contributed by atoms with Crippen molar-refractivity contribution in [2.24, 2.45) is 0 Å². The molecule has 4 rings (SSSR count). The molecule has 2 aliphatic rings. The van der Waals surface area contributed by atoms with Crippen molar-refractivity contribution >= 4 is 17.7 Å². The van der Waals surface area contributed by atoms with Crippen molar-refractivity contribution in [3.05, 3.63) is 59.7 Å². The van der Waals surface area contributed by atoms with Crippen LogP contribution < -0.4 is 14.8 Å². The molecule has 1 spiro atoms. The van der Waals surface area contributed by atoms with Crippen LogP contribution in [-0.2, 0) is 9.53 Å². The van der Waals surface area contributed by atoms with Crippen LogP contribution in [0.1, 0.15) is 46.9 Å². The van der Waals surface area contributed by atoms with Gasteiger partial charge in [-0.1, -0.05) is 6.92 Å². The van der Waals surface area contributed by atoms with E-state index in [-0.39, 0.29) is 24.3 Å². The Labute approximate surface area is 211 Å². The van der Waals surface area contributed by atoms with Crippen LogP contribution in [0.5, 0.6) is 11.5 Å². The van der Waals surface area contributed by atoms with Crippen molar-refractivity contribution in [1.82, 2.24) is 15.1 Å². The summed E-state index contributed by atoms with van der Waals surface area (Å²) in [6.07, 6.45) is 1.61. The molecular weight excluding hydrogens is 462 g/mol. The summed E-state index contributed by atoms with van der Waals surface area (Å²) >= 11 is 0. The summed E-state index contributed by atoms with van der Waals surface area (Å²) in [5.41, 5.74) is 0.0647. The Kier molecular flexibility index (Phi) is 7.79. The first-order valence-corrected chi connectivity index (χ1v) is 12.2. The molecule has 9 nitrogen and oxygen atoms in total. The highest BCUT2D eigenvalue weighted by molar-refractivity contribution is 5.99. The normalized spacial score (nSPS) is 18.7. The van der Waals surface area contributed by atoms with Crippen LogP contribution in [0.3, 0.4) is 0 Å². The van der Waals surface area contributed by atoms with Crippen molar-refractivity contribution in [2.75, 3.05) is 40.5 Å². The topological polar surface area (TPSA) is 97.4 Å². The van der Waals surface area contributed by atoms with Crippen molar-refractivity contribution in [1.29, 1.82) is 0 Å². The van der Waals surface area contributed by atoms with Gasteiger partial charge in [0, 0.05) is 43.6 Å². The van der Waals surface area contributed by atoms with E-state index in [9.17, 15) is 14.4 Å². The van der Waals surface area contributed by atoms with Crippen LogP contribution in [0.2, 0.25) is 0 Å². The summed E-state index contributed by atoms with van der Waals surface area (Å²) in [6, 6.07) is 13.1. The zero-order valence-electron chi connectivity index (χ0n) is 21.0. The van der Waals surface area contributed by atoms with Gasteiger partial charge in [0.25, 0.3) is 11.8 Å². The molecule has 0 bridgehead atoms. The number of benzene rings is 2. The van der Waals surface area contributed by atoms with E-state index in [0.29, 0.717) is 55.1 Å². The molecule has 1 N–H and O–H groups in total. The third-order valence-corrected chi connectivity index (χ3v) is 6.84. The number of hydrogen-bond donors (Lipinski definition) is 1. The molecule has 0 unspecified atom stereocenters. The van der Waals surface area contributed by atoms with Crippen LogP contribution in [0.4, 0.5) is 0 Å². The number of carbonyl (C=O) groups excluding carboxylic acids is 3. The fourth-order valence-corrected chi connectivity index (χ4v) is 4.78. The van der Waals surface area contributed by atoms with Crippen molar-refractivity contribution in [2.45, 2.75) is 38.0 Å². The monoisotopic (exact) mass is 495 g/mol. The second kappa shape index (κ2) is 11.0. The van der Waals surface area contributed by atoms with Crippen LogP contribution in [0.15, 0.2) is 48.5 Å². The first-order valence-electron chi connectivity index (χ1n) is 12.2. The molecule has 2 heterocycles. The molecule has 9 heteroatoms. The number of methoxy groups -OCH3 is 2. The summed E-state index contributed by atoms with van der Waals surface area (Å²) in [5.74, 6) is 0.731. The van der Waals surface area contributed by atoms with Gasteiger partial charge in [-0.15, -0.1) is 0 Å². The molecule has 0 aliphatic carbocycles. The number of piperidine rings is 1. The summed E-state index contributed by atoms with van der Waals surface area (Å²) in [4.78, 5) is 43.2. The quantitative estimate of drug-likeness (QED) is 0.635. The van der Waals surface area contributed by atoms with Crippen LogP contribution in [0.25, 0.3) is 0 Å². The standard InChI is InChI=1S/C27H33N3O6/c1-4-15-28-24(31)23-18-36-27(30(23)26(33)20-7-11-22(35-3)12-8-20)13-16-29(17-14-27)25(32)19-5-9-21(34-2)10-6-19/h5-12,23H,4,13-18H2,1-3H3,(H,28,31)/t23-/m0/s1. The highest BCUT2D eigenvalue weighted by Gasteiger charge is 2.54. The van der Waals surface area contributed by atoms with Crippen molar-refractivity contribution < 1.29 is 28.6 Å². The lowest BCUT2D eigenvalue weighted by atomic mass is 9.96. The van der Waals surface area contributed by atoms with Crippen LogP contribution in [-0.4, -0.2) is 79.7 Å². The molecule has 2 aliphatic heterocycles. The molecule has 1 atom stereocenters. The van der Waals surface area contributed by atoms with E-state index in [1.165, 1.54) is 0 Å². The third-order valence-electron chi connectivity index (χ3n) is 6.84. The Morgan fingerprint density at radius 2 is 1.44 bits per heavy atom. The highest BCUT2D eigenvalue weighted by Crippen LogP contribution is 2.39. The Morgan fingerprint density at radius 3 is 1.94 bits per heavy atom. The zero-order chi connectivity index (χ0) is 25.7. The smallest absolute Gasteiger partial charge is 0.256 e. The average Bonchev–Trinajstić information content (AvgIpc) is 3.29. The lowest BCUT2D eigenvalue weighted by Crippen LogP contribution is -2.59. The minimum Gasteiger partial charge on any atom is -0.497 e. The molecule has 36 heavy (non-hydrogen) atoms. The molecule has 0 aromatic heterocycles. The fraction of sp³-hybridized carbons (Fsp3) is 0.444. The first-order chi connectivity index (χ1) is 17.4. The average molecular weight is 496 g/mol. The largest absolute Gasteiger partial charge is 0.497 e. The Bertz CT molecular complexity index is 1080. The van der Waals surface area contributed by atoms with Gasteiger partial charge in [0.2, 0.25) is 5.91 Å².